The Hall–Kier alpha value is -3.66. The fourth-order valence-electron chi connectivity index (χ4n) is 4.81. The molecule has 0 aromatic heterocycles. The molecule has 10 heteroatoms. The smallest absolute Gasteiger partial charge is 0.264 e. The molecule has 44 heavy (non-hydrogen) atoms. The molecule has 0 aliphatic carbocycles. The van der Waals surface area contributed by atoms with Gasteiger partial charge in [-0.15, -0.1) is 0 Å². The summed E-state index contributed by atoms with van der Waals surface area (Å²) in [6, 6.07) is 28.6. The number of anilines is 1. The first-order valence-electron chi connectivity index (χ1n) is 14.2. The summed E-state index contributed by atoms with van der Waals surface area (Å²) < 4.78 is 30.1. The van der Waals surface area contributed by atoms with Crippen molar-refractivity contribution in [3.8, 4) is 0 Å². The standard InChI is InChI=1S/C34H35BrClN3O4S/c1-24(2)37-34(41)32(21-26-10-5-4-6-11-26)38(22-27-12-8-13-28(35)20-27)33(40)23-39(30-14-7-9-25(3)19-30)44(42,43)31-17-15-29(36)16-18-31/h4-20,24,32H,21-23H2,1-3H3,(H,37,41)/t32-/m1/s1. The number of nitrogens with zero attached hydrogens (tertiary/aromatic N) is 2. The number of rotatable bonds is 12. The molecule has 0 saturated carbocycles. The molecule has 0 aliphatic rings. The van der Waals surface area contributed by atoms with E-state index in [-0.39, 0.29) is 29.8 Å². The zero-order chi connectivity index (χ0) is 31.9. The van der Waals surface area contributed by atoms with Crippen LogP contribution < -0.4 is 9.62 Å². The number of hydrogen-bond acceptors (Lipinski definition) is 4. The lowest BCUT2D eigenvalue weighted by atomic mass is 10.0. The highest BCUT2D eigenvalue weighted by Gasteiger charge is 2.35. The number of carbonyl (C=O) groups is 2. The molecule has 0 fully saturated rings. The molecule has 4 rings (SSSR count). The molecular weight excluding hydrogens is 662 g/mol. The lowest BCUT2D eigenvalue weighted by Crippen LogP contribution is -2.54. The molecule has 7 nitrogen and oxygen atoms in total. The second-order valence-corrected chi connectivity index (χ2v) is 14.0. The molecule has 4 aromatic carbocycles. The number of nitrogens with one attached hydrogen (secondary N) is 1. The minimum absolute atomic E-state index is 0.00636. The topological polar surface area (TPSA) is 86.8 Å². The number of carbonyl (C=O) groups excluding carboxylic acids is 2. The average molecular weight is 697 g/mol. The van der Waals surface area contributed by atoms with Crippen molar-refractivity contribution in [2.75, 3.05) is 10.8 Å². The zero-order valence-electron chi connectivity index (χ0n) is 24.8. The second-order valence-electron chi connectivity index (χ2n) is 10.8. The molecule has 230 valence electrons. The summed E-state index contributed by atoms with van der Waals surface area (Å²) in [6.45, 7) is 5.13. The number of halogens is 2. The maximum Gasteiger partial charge on any atom is 0.264 e. The second kappa shape index (κ2) is 14.9. The maximum atomic E-state index is 14.5. The molecule has 0 bridgehead atoms. The maximum absolute atomic E-state index is 14.5. The van der Waals surface area contributed by atoms with Gasteiger partial charge in [0, 0.05) is 28.5 Å². The van der Waals surface area contributed by atoms with Gasteiger partial charge in [0.2, 0.25) is 11.8 Å². The highest BCUT2D eigenvalue weighted by atomic mass is 79.9. The Labute approximate surface area is 273 Å². The van der Waals surface area contributed by atoms with Crippen molar-refractivity contribution in [3.63, 3.8) is 0 Å². The zero-order valence-corrected chi connectivity index (χ0v) is 27.9. The first-order chi connectivity index (χ1) is 20.9. The Morgan fingerprint density at radius 2 is 1.52 bits per heavy atom. The number of aryl methyl sites for hydroxylation is 1. The highest BCUT2D eigenvalue weighted by molar-refractivity contribution is 9.10. The van der Waals surface area contributed by atoms with Crippen LogP contribution in [-0.2, 0) is 32.6 Å². The van der Waals surface area contributed by atoms with E-state index in [9.17, 15) is 18.0 Å². The van der Waals surface area contributed by atoms with Gasteiger partial charge in [-0.3, -0.25) is 13.9 Å². The number of amides is 2. The van der Waals surface area contributed by atoms with Crippen LogP contribution in [0.3, 0.4) is 0 Å². The van der Waals surface area contributed by atoms with Crippen molar-refractivity contribution in [2.24, 2.45) is 0 Å². The largest absolute Gasteiger partial charge is 0.352 e. The Bertz CT molecular complexity index is 1700. The van der Waals surface area contributed by atoms with Crippen molar-refractivity contribution in [2.45, 2.75) is 50.7 Å². The van der Waals surface area contributed by atoms with Crippen LogP contribution in [-0.4, -0.2) is 43.8 Å². The third kappa shape index (κ3) is 8.71. The van der Waals surface area contributed by atoms with Crippen LogP contribution in [0.1, 0.15) is 30.5 Å². The highest BCUT2D eigenvalue weighted by Crippen LogP contribution is 2.27. The minimum Gasteiger partial charge on any atom is -0.352 e. The van der Waals surface area contributed by atoms with Crippen LogP contribution in [0.4, 0.5) is 5.69 Å². The number of benzene rings is 4. The van der Waals surface area contributed by atoms with Crippen LogP contribution in [0.2, 0.25) is 5.02 Å². The molecule has 0 unspecified atom stereocenters. The van der Waals surface area contributed by atoms with Gasteiger partial charge in [-0.2, -0.15) is 0 Å². The molecule has 1 atom stereocenters. The third-order valence-electron chi connectivity index (χ3n) is 6.91. The van der Waals surface area contributed by atoms with E-state index in [4.69, 9.17) is 11.6 Å². The molecular formula is C34H35BrClN3O4S. The van der Waals surface area contributed by atoms with Crippen LogP contribution >= 0.6 is 27.5 Å². The SMILES string of the molecule is Cc1cccc(N(CC(=O)N(Cc2cccc(Br)c2)[C@H](Cc2ccccc2)C(=O)NC(C)C)S(=O)(=O)c2ccc(Cl)cc2)c1. The molecule has 0 saturated heterocycles. The summed E-state index contributed by atoms with van der Waals surface area (Å²) in [4.78, 5) is 29.7. The number of sulfonamides is 1. The summed E-state index contributed by atoms with van der Waals surface area (Å²) in [5, 5.41) is 3.35. The molecule has 1 N–H and O–H groups in total. The summed E-state index contributed by atoms with van der Waals surface area (Å²) >= 11 is 9.55. The van der Waals surface area contributed by atoms with E-state index in [1.54, 1.807) is 18.2 Å². The fraction of sp³-hybridized carbons (Fsp3) is 0.235. The van der Waals surface area contributed by atoms with Crippen molar-refractivity contribution in [1.82, 2.24) is 10.2 Å². The van der Waals surface area contributed by atoms with Gasteiger partial charge < -0.3 is 10.2 Å². The van der Waals surface area contributed by atoms with Gasteiger partial charge in [0.1, 0.15) is 12.6 Å². The van der Waals surface area contributed by atoms with Gasteiger partial charge in [-0.25, -0.2) is 8.42 Å². The molecule has 0 radical (unpaired) electrons. The lowest BCUT2D eigenvalue weighted by molar-refractivity contribution is -0.140. The van der Waals surface area contributed by atoms with Gasteiger partial charge in [0.25, 0.3) is 10.0 Å². The summed E-state index contributed by atoms with van der Waals surface area (Å²) in [6.07, 6.45) is 0.244. The quantitative estimate of drug-likeness (QED) is 0.177. The van der Waals surface area contributed by atoms with Crippen LogP contribution in [0, 0.1) is 6.92 Å². The Kier molecular flexibility index (Phi) is 11.2. The first kappa shape index (κ1) is 33.2. The molecule has 2 amide bonds. The van der Waals surface area contributed by atoms with E-state index in [1.165, 1.54) is 29.2 Å². The van der Waals surface area contributed by atoms with Gasteiger partial charge in [0.15, 0.2) is 0 Å². The molecule has 0 heterocycles. The van der Waals surface area contributed by atoms with Gasteiger partial charge in [0.05, 0.1) is 10.6 Å². The van der Waals surface area contributed by atoms with E-state index in [0.29, 0.717) is 10.7 Å². The van der Waals surface area contributed by atoms with E-state index in [2.05, 4.69) is 21.2 Å². The number of hydrogen-bond donors (Lipinski definition) is 1. The van der Waals surface area contributed by atoms with Crippen LogP contribution in [0.25, 0.3) is 0 Å². The monoisotopic (exact) mass is 695 g/mol. The van der Waals surface area contributed by atoms with Crippen LogP contribution in [0.15, 0.2) is 112 Å². The summed E-state index contributed by atoms with van der Waals surface area (Å²) in [5.74, 6) is -0.848. The Morgan fingerprint density at radius 3 is 2.16 bits per heavy atom. The summed E-state index contributed by atoms with van der Waals surface area (Å²) in [5.41, 5.74) is 2.82. The normalized spacial score (nSPS) is 12.0. The Balaban J connectivity index is 1.81. The summed E-state index contributed by atoms with van der Waals surface area (Å²) in [7, 11) is -4.20. The van der Waals surface area contributed by atoms with Crippen LogP contribution in [0.5, 0.6) is 0 Å². The van der Waals surface area contributed by atoms with Crippen molar-refractivity contribution < 1.29 is 18.0 Å². The van der Waals surface area contributed by atoms with E-state index in [0.717, 1.165) is 25.5 Å². The van der Waals surface area contributed by atoms with Gasteiger partial charge in [-0.05, 0) is 86.0 Å². The van der Waals surface area contributed by atoms with Gasteiger partial charge >= 0.3 is 0 Å². The van der Waals surface area contributed by atoms with E-state index < -0.39 is 28.5 Å². The van der Waals surface area contributed by atoms with E-state index >= 15 is 0 Å². The molecule has 0 aliphatic heterocycles. The van der Waals surface area contributed by atoms with Crippen molar-refractivity contribution >= 4 is 55.1 Å². The van der Waals surface area contributed by atoms with Crippen molar-refractivity contribution in [1.29, 1.82) is 0 Å². The predicted octanol–water partition coefficient (Wildman–Crippen LogP) is 6.77. The first-order valence-corrected chi connectivity index (χ1v) is 16.8. The fourth-order valence-corrected chi connectivity index (χ4v) is 6.79. The minimum atomic E-state index is -4.20. The predicted molar refractivity (Wildman–Crippen MR) is 179 cm³/mol. The van der Waals surface area contributed by atoms with Gasteiger partial charge in [-0.1, -0.05) is 82.1 Å². The molecule has 4 aromatic rings. The third-order valence-corrected chi connectivity index (χ3v) is 9.45. The van der Waals surface area contributed by atoms with Crippen molar-refractivity contribution in [3.05, 3.63) is 129 Å². The van der Waals surface area contributed by atoms with E-state index in [1.807, 2.05) is 81.4 Å². The average Bonchev–Trinajstić information content (AvgIpc) is 2.98. The Morgan fingerprint density at radius 1 is 0.864 bits per heavy atom. The molecule has 0 spiro atoms. The lowest BCUT2D eigenvalue weighted by Gasteiger charge is -2.34.